The summed E-state index contributed by atoms with van der Waals surface area (Å²) >= 11 is 0. The Balaban J connectivity index is 1.66. The van der Waals surface area contributed by atoms with E-state index in [4.69, 9.17) is 4.52 Å². The number of benzene rings is 1. The fourth-order valence-corrected chi connectivity index (χ4v) is 2.96. The summed E-state index contributed by atoms with van der Waals surface area (Å²) in [6.07, 6.45) is 3.15. The van der Waals surface area contributed by atoms with Crippen LogP contribution in [0.5, 0.6) is 0 Å². The van der Waals surface area contributed by atoms with Gasteiger partial charge in [0.25, 0.3) is 11.5 Å². The second-order valence-electron chi connectivity index (χ2n) is 6.46. The normalized spacial score (nSPS) is 11.8. The molecule has 3 aromatic heterocycles. The number of hydrogen-bond donors (Lipinski definition) is 2. The first kappa shape index (κ1) is 19.2. The fourth-order valence-electron chi connectivity index (χ4n) is 2.96. The van der Waals surface area contributed by atoms with E-state index in [0.29, 0.717) is 22.8 Å². The lowest BCUT2D eigenvalue weighted by Gasteiger charge is -2.18. The van der Waals surface area contributed by atoms with Crippen LogP contribution >= 0.6 is 0 Å². The molecule has 8 nitrogen and oxygen atoms in total. The van der Waals surface area contributed by atoms with Gasteiger partial charge in [-0.2, -0.15) is 0 Å². The number of carbonyl (C=O) groups excluding carboxylic acids is 1. The largest absolute Gasteiger partial charge is 0.351 e. The Morgan fingerprint density at radius 1 is 1.13 bits per heavy atom. The molecule has 0 unspecified atom stereocenters. The highest BCUT2D eigenvalue weighted by Gasteiger charge is 2.20. The number of H-pyrrole nitrogens is 1. The maximum Gasteiger partial charge on any atom is 0.290 e. The Bertz CT molecular complexity index is 1190. The summed E-state index contributed by atoms with van der Waals surface area (Å²) in [5.74, 6) is -0.532. The molecule has 1 atom stereocenters. The predicted octanol–water partition coefficient (Wildman–Crippen LogP) is 2.67. The van der Waals surface area contributed by atoms with E-state index in [9.17, 15) is 14.0 Å². The van der Waals surface area contributed by atoms with E-state index in [2.05, 4.69) is 25.4 Å². The molecule has 0 aliphatic rings. The first-order chi connectivity index (χ1) is 14.6. The van der Waals surface area contributed by atoms with Gasteiger partial charge in [0.05, 0.1) is 17.9 Å². The molecule has 0 saturated carbocycles. The van der Waals surface area contributed by atoms with Crippen LogP contribution in [0.15, 0.2) is 76.3 Å². The molecule has 30 heavy (non-hydrogen) atoms. The van der Waals surface area contributed by atoms with E-state index >= 15 is 0 Å². The van der Waals surface area contributed by atoms with Crippen molar-refractivity contribution in [3.05, 3.63) is 100 Å². The van der Waals surface area contributed by atoms with Crippen LogP contribution in [0.25, 0.3) is 11.5 Å². The average molecular weight is 405 g/mol. The molecule has 0 fully saturated rings. The Morgan fingerprint density at radius 2 is 1.97 bits per heavy atom. The van der Waals surface area contributed by atoms with E-state index in [1.54, 1.807) is 36.5 Å². The SMILES string of the molecule is O=C(N[C@H](Cc1cc(=O)[nH]c(-c2ccccn2)n1)c1ccc(F)cc1)c1ccno1. The van der Waals surface area contributed by atoms with E-state index in [1.165, 1.54) is 30.5 Å². The number of carbonyl (C=O) groups is 1. The second kappa shape index (κ2) is 8.48. The predicted molar refractivity (Wildman–Crippen MR) is 105 cm³/mol. The van der Waals surface area contributed by atoms with Crippen molar-refractivity contribution >= 4 is 5.91 Å². The number of aromatic nitrogens is 4. The number of amides is 1. The molecule has 0 saturated heterocycles. The molecule has 1 amide bonds. The first-order valence-corrected chi connectivity index (χ1v) is 9.07. The summed E-state index contributed by atoms with van der Waals surface area (Å²) in [5.41, 5.74) is 1.25. The smallest absolute Gasteiger partial charge is 0.290 e. The van der Waals surface area contributed by atoms with Crippen molar-refractivity contribution in [3.63, 3.8) is 0 Å². The topological polar surface area (TPSA) is 114 Å². The third kappa shape index (κ3) is 4.46. The Hall–Kier alpha value is -4.14. The number of halogens is 1. The number of nitrogens with zero attached hydrogens (tertiary/aromatic N) is 3. The zero-order valence-electron chi connectivity index (χ0n) is 15.6. The molecule has 0 aliphatic carbocycles. The highest BCUT2D eigenvalue weighted by atomic mass is 19.1. The number of hydrogen-bond acceptors (Lipinski definition) is 6. The van der Waals surface area contributed by atoms with Gasteiger partial charge in [-0.05, 0) is 29.8 Å². The fraction of sp³-hybridized carbons (Fsp3) is 0.0952. The maximum atomic E-state index is 13.4. The zero-order chi connectivity index (χ0) is 20.9. The van der Waals surface area contributed by atoms with Crippen LogP contribution in [0.4, 0.5) is 4.39 Å². The van der Waals surface area contributed by atoms with E-state index in [0.717, 1.165) is 0 Å². The molecule has 4 rings (SSSR count). The van der Waals surface area contributed by atoms with Crippen molar-refractivity contribution in [2.45, 2.75) is 12.5 Å². The van der Waals surface area contributed by atoms with Crippen LogP contribution in [-0.4, -0.2) is 26.0 Å². The van der Waals surface area contributed by atoms with Crippen LogP contribution in [0.3, 0.4) is 0 Å². The van der Waals surface area contributed by atoms with Gasteiger partial charge in [-0.25, -0.2) is 9.37 Å². The number of pyridine rings is 1. The number of aromatic amines is 1. The third-order valence-electron chi connectivity index (χ3n) is 4.35. The zero-order valence-corrected chi connectivity index (χ0v) is 15.6. The van der Waals surface area contributed by atoms with Crippen LogP contribution < -0.4 is 10.9 Å². The van der Waals surface area contributed by atoms with Gasteiger partial charge in [-0.3, -0.25) is 14.6 Å². The molecule has 0 radical (unpaired) electrons. The van der Waals surface area contributed by atoms with E-state index < -0.39 is 17.8 Å². The van der Waals surface area contributed by atoms with Gasteiger partial charge < -0.3 is 14.8 Å². The van der Waals surface area contributed by atoms with Crippen LogP contribution in [-0.2, 0) is 6.42 Å². The molecule has 9 heteroatoms. The lowest BCUT2D eigenvalue weighted by atomic mass is 10.0. The van der Waals surface area contributed by atoms with Crippen molar-refractivity contribution < 1.29 is 13.7 Å². The van der Waals surface area contributed by atoms with Gasteiger partial charge in [0.1, 0.15) is 11.5 Å². The van der Waals surface area contributed by atoms with E-state index in [-0.39, 0.29) is 17.7 Å². The summed E-state index contributed by atoms with van der Waals surface area (Å²) in [6.45, 7) is 0. The Labute approximate surface area is 169 Å². The highest BCUT2D eigenvalue weighted by molar-refractivity contribution is 5.91. The first-order valence-electron chi connectivity index (χ1n) is 9.07. The number of rotatable bonds is 6. The van der Waals surface area contributed by atoms with Crippen molar-refractivity contribution in [2.75, 3.05) is 0 Å². The van der Waals surface area contributed by atoms with Crippen molar-refractivity contribution in [1.82, 2.24) is 25.4 Å². The molecule has 0 aliphatic heterocycles. The standard InChI is InChI=1S/C21H16FN5O3/c22-14-6-4-13(5-7-14)17(26-21(29)18-8-10-24-30-18)11-15-12-19(28)27-20(25-15)16-3-1-2-9-23-16/h1-10,12,17H,11H2,(H,26,29)(H,25,27,28)/t17-/m1/s1. The summed E-state index contributed by atoms with van der Waals surface area (Å²) in [7, 11) is 0. The van der Waals surface area contributed by atoms with Gasteiger partial charge in [0, 0.05) is 24.8 Å². The van der Waals surface area contributed by atoms with Crippen LogP contribution in [0.1, 0.15) is 27.9 Å². The molecular weight excluding hydrogens is 389 g/mol. The summed E-state index contributed by atoms with van der Waals surface area (Å²) in [5, 5.41) is 6.34. The van der Waals surface area contributed by atoms with Gasteiger partial charge in [0.15, 0.2) is 5.82 Å². The van der Waals surface area contributed by atoms with Crippen LogP contribution in [0, 0.1) is 5.82 Å². The van der Waals surface area contributed by atoms with Gasteiger partial charge in [-0.1, -0.05) is 23.4 Å². The van der Waals surface area contributed by atoms with Crippen molar-refractivity contribution in [3.8, 4) is 11.5 Å². The average Bonchev–Trinajstić information content (AvgIpc) is 3.29. The minimum Gasteiger partial charge on any atom is -0.351 e. The summed E-state index contributed by atoms with van der Waals surface area (Å²) in [6, 6.07) is 13.2. The Kier molecular flexibility index (Phi) is 5.42. The molecular formula is C21H16FN5O3. The van der Waals surface area contributed by atoms with Gasteiger partial charge in [0.2, 0.25) is 5.76 Å². The minimum atomic E-state index is -0.589. The monoisotopic (exact) mass is 405 g/mol. The lowest BCUT2D eigenvalue weighted by molar-refractivity contribution is 0.0899. The maximum absolute atomic E-state index is 13.4. The number of nitrogens with one attached hydrogen (secondary N) is 2. The van der Waals surface area contributed by atoms with Crippen LogP contribution in [0.2, 0.25) is 0 Å². The third-order valence-corrected chi connectivity index (χ3v) is 4.35. The summed E-state index contributed by atoms with van der Waals surface area (Å²) in [4.78, 5) is 36.0. The molecule has 0 bridgehead atoms. The molecule has 3 heterocycles. The molecule has 0 spiro atoms. The second-order valence-corrected chi connectivity index (χ2v) is 6.46. The molecule has 4 aromatic rings. The molecule has 1 aromatic carbocycles. The molecule has 2 N–H and O–H groups in total. The summed E-state index contributed by atoms with van der Waals surface area (Å²) < 4.78 is 18.3. The van der Waals surface area contributed by atoms with Gasteiger partial charge >= 0.3 is 0 Å². The van der Waals surface area contributed by atoms with E-state index in [1.807, 2.05) is 0 Å². The lowest BCUT2D eigenvalue weighted by Crippen LogP contribution is -2.30. The highest BCUT2D eigenvalue weighted by Crippen LogP contribution is 2.20. The molecule has 150 valence electrons. The Morgan fingerprint density at radius 3 is 2.67 bits per heavy atom. The van der Waals surface area contributed by atoms with Crippen molar-refractivity contribution in [2.24, 2.45) is 0 Å². The van der Waals surface area contributed by atoms with Gasteiger partial charge in [-0.15, -0.1) is 0 Å². The minimum absolute atomic E-state index is 0.0372. The van der Waals surface area contributed by atoms with Crippen molar-refractivity contribution in [1.29, 1.82) is 0 Å². The quantitative estimate of drug-likeness (QED) is 0.510.